The number of carbonyl (C=O) groups excluding carboxylic acids is 5. The molecule has 4 amide bonds. The molecule has 252 valence electrons. The van der Waals surface area contributed by atoms with E-state index in [-0.39, 0.29) is 24.7 Å². The topological polar surface area (TPSA) is 180 Å². The van der Waals surface area contributed by atoms with E-state index in [4.69, 9.17) is 9.84 Å². The monoisotopic (exact) mass is 648 g/mol. The second kappa shape index (κ2) is 16.7. The third-order valence-corrected chi connectivity index (χ3v) is 8.66. The maximum atomic E-state index is 14.0. The van der Waals surface area contributed by atoms with Crippen molar-refractivity contribution in [3.63, 3.8) is 0 Å². The van der Waals surface area contributed by atoms with Crippen molar-refractivity contribution in [2.45, 2.75) is 89.8 Å². The SMILES string of the molecule is CCCC(NC(=O)C1Cc2cccc(c2)Oc2ccc(cc2)CC(C)C(=O)NC(C2CCCCC2)C(=O)N1)C(=O)C(=O)NCC(=O)O. The van der Waals surface area contributed by atoms with Gasteiger partial charge < -0.3 is 31.1 Å². The predicted molar refractivity (Wildman–Crippen MR) is 172 cm³/mol. The van der Waals surface area contributed by atoms with Gasteiger partial charge in [-0.05, 0) is 67.0 Å². The van der Waals surface area contributed by atoms with E-state index in [0.717, 1.165) is 37.7 Å². The van der Waals surface area contributed by atoms with E-state index in [9.17, 15) is 28.8 Å². The lowest BCUT2D eigenvalue weighted by molar-refractivity contribution is -0.143. The fourth-order valence-corrected chi connectivity index (χ4v) is 6.11. The summed E-state index contributed by atoms with van der Waals surface area (Å²) in [6.45, 7) is 2.84. The zero-order valence-corrected chi connectivity index (χ0v) is 26.9. The van der Waals surface area contributed by atoms with Gasteiger partial charge in [-0.15, -0.1) is 0 Å². The number of aliphatic carboxylic acids is 1. The van der Waals surface area contributed by atoms with Crippen LogP contribution in [0.15, 0.2) is 48.5 Å². The van der Waals surface area contributed by atoms with Crippen LogP contribution < -0.4 is 26.0 Å². The summed E-state index contributed by atoms with van der Waals surface area (Å²) in [5.41, 5.74) is 1.61. The molecule has 1 fully saturated rings. The largest absolute Gasteiger partial charge is 0.480 e. The highest BCUT2D eigenvalue weighted by Gasteiger charge is 2.36. The Hall–Kier alpha value is -4.74. The molecule has 1 aliphatic carbocycles. The molecule has 12 nitrogen and oxygen atoms in total. The number of carboxylic acids is 1. The lowest BCUT2D eigenvalue weighted by atomic mass is 9.83. The summed E-state index contributed by atoms with van der Waals surface area (Å²) >= 11 is 0. The Morgan fingerprint density at radius 3 is 2.32 bits per heavy atom. The fraction of sp³-hybridized carbons (Fsp3) is 0.486. The number of Topliss-reactive ketones (excluding diaryl/α,β-unsaturated/α-hetero) is 1. The van der Waals surface area contributed by atoms with E-state index in [1.54, 1.807) is 31.2 Å². The van der Waals surface area contributed by atoms with E-state index in [1.807, 2.05) is 36.5 Å². The van der Waals surface area contributed by atoms with Crippen molar-refractivity contribution in [1.29, 1.82) is 0 Å². The minimum atomic E-state index is -1.32. The normalized spacial score (nSPS) is 21.3. The third-order valence-electron chi connectivity index (χ3n) is 8.66. The number of hydrogen-bond acceptors (Lipinski definition) is 7. The van der Waals surface area contributed by atoms with Crippen molar-refractivity contribution in [2.24, 2.45) is 11.8 Å². The van der Waals surface area contributed by atoms with Crippen molar-refractivity contribution in [2.75, 3.05) is 6.54 Å². The van der Waals surface area contributed by atoms with E-state index in [2.05, 4.69) is 16.0 Å². The molecule has 0 spiro atoms. The van der Waals surface area contributed by atoms with Crippen molar-refractivity contribution in [3.05, 3.63) is 59.7 Å². The van der Waals surface area contributed by atoms with Gasteiger partial charge in [0.2, 0.25) is 23.5 Å². The molecule has 5 N–H and O–H groups in total. The van der Waals surface area contributed by atoms with Crippen molar-refractivity contribution < 1.29 is 38.6 Å². The molecule has 3 aliphatic rings. The molecule has 5 rings (SSSR count). The number of hydrogen-bond donors (Lipinski definition) is 5. The van der Waals surface area contributed by atoms with Crippen LogP contribution in [0.1, 0.15) is 69.9 Å². The number of carbonyl (C=O) groups is 6. The highest BCUT2D eigenvalue weighted by molar-refractivity contribution is 6.38. The molecule has 4 unspecified atom stereocenters. The summed E-state index contributed by atoms with van der Waals surface area (Å²) in [6.07, 6.45) is 5.43. The summed E-state index contributed by atoms with van der Waals surface area (Å²) < 4.78 is 6.05. The third kappa shape index (κ3) is 10.1. The first-order valence-corrected chi connectivity index (χ1v) is 16.3. The highest BCUT2D eigenvalue weighted by atomic mass is 16.5. The molecule has 0 radical (unpaired) electrons. The number of rotatable bonds is 9. The molecule has 47 heavy (non-hydrogen) atoms. The molecule has 2 aromatic rings. The van der Waals surface area contributed by atoms with Gasteiger partial charge in [-0.25, -0.2) is 0 Å². The minimum Gasteiger partial charge on any atom is -0.480 e. The van der Waals surface area contributed by atoms with Crippen LogP contribution in [0.4, 0.5) is 0 Å². The summed E-state index contributed by atoms with van der Waals surface area (Å²) in [5.74, 6) is -4.34. The number of benzene rings is 2. The van der Waals surface area contributed by atoms with Crippen LogP contribution in [0.25, 0.3) is 0 Å². The maximum Gasteiger partial charge on any atom is 0.322 e. The molecule has 0 saturated heterocycles. The number of fused-ring (bicyclic) bond motifs is 10. The Morgan fingerprint density at radius 1 is 0.915 bits per heavy atom. The van der Waals surface area contributed by atoms with Gasteiger partial charge in [0.05, 0.1) is 6.04 Å². The minimum absolute atomic E-state index is 0.0215. The van der Waals surface area contributed by atoms with Gasteiger partial charge in [-0.1, -0.05) is 63.8 Å². The molecule has 0 aromatic heterocycles. The zero-order valence-electron chi connectivity index (χ0n) is 26.9. The number of carboxylic acid groups (broad SMARTS) is 1. The first kappa shape index (κ1) is 35.1. The van der Waals surface area contributed by atoms with Crippen molar-refractivity contribution >= 4 is 35.4 Å². The average molecular weight is 649 g/mol. The molecular formula is C35H44N4O8. The van der Waals surface area contributed by atoms with E-state index < -0.39 is 60.1 Å². The van der Waals surface area contributed by atoms with Gasteiger partial charge in [-0.2, -0.15) is 0 Å². The number of nitrogens with one attached hydrogen (secondary N) is 4. The van der Waals surface area contributed by atoms with Crippen LogP contribution in [0, 0.1) is 11.8 Å². The number of amides is 4. The first-order chi connectivity index (χ1) is 22.5. The van der Waals surface area contributed by atoms with Gasteiger partial charge in [-0.3, -0.25) is 28.8 Å². The standard InChI is InChI=1S/C35H44N4O8/c1-3-8-27(31(42)35(46)36-20-29(40)41)37-33(44)28-19-23-9-7-12-26(18-23)47-25-15-13-22(14-16-25)17-21(2)32(43)39-30(34(45)38-28)24-10-5-4-6-11-24/h7,9,12-16,18,21,24,27-28,30H,3-6,8,10-11,17,19-20H2,1-2H3,(H,36,46)(H,37,44)(H,38,45)(H,39,43)(H,40,41). The Kier molecular flexibility index (Phi) is 12.5. The summed E-state index contributed by atoms with van der Waals surface area (Å²) in [7, 11) is 0. The molecule has 4 bridgehead atoms. The Balaban J connectivity index is 1.67. The summed E-state index contributed by atoms with van der Waals surface area (Å²) in [5, 5.41) is 19.4. The molecule has 1 saturated carbocycles. The fourth-order valence-electron chi connectivity index (χ4n) is 6.11. The zero-order chi connectivity index (χ0) is 33.9. The second-order valence-electron chi connectivity index (χ2n) is 12.4. The molecule has 12 heteroatoms. The lowest BCUT2D eigenvalue weighted by Crippen LogP contribution is -2.59. The number of ketones is 1. The Bertz CT molecular complexity index is 1450. The van der Waals surface area contributed by atoms with Gasteiger partial charge in [0, 0.05) is 12.3 Å². The van der Waals surface area contributed by atoms with Crippen LogP contribution >= 0.6 is 0 Å². The maximum absolute atomic E-state index is 14.0. The average Bonchev–Trinajstić information content (AvgIpc) is 3.06. The van der Waals surface area contributed by atoms with Gasteiger partial charge in [0.15, 0.2) is 0 Å². The second-order valence-corrected chi connectivity index (χ2v) is 12.4. The smallest absolute Gasteiger partial charge is 0.322 e. The van der Waals surface area contributed by atoms with Crippen molar-refractivity contribution in [1.82, 2.24) is 21.3 Å². The summed E-state index contributed by atoms with van der Waals surface area (Å²) in [6, 6.07) is 11.3. The van der Waals surface area contributed by atoms with Gasteiger partial charge in [0.25, 0.3) is 5.91 Å². The van der Waals surface area contributed by atoms with E-state index in [1.165, 1.54) is 0 Å². The molecule has 4 atom stereocenters. The van der Waals surface area contributed by atoms with Crippen molar-refractivity contribution in [3.8, 4) is 11.5 Å². The first-order valence-electron chi connectivity index (χ1n) is 16.3. The van der Waals surface area contributed by atoms with Gasteiger partial charge in [0.1, 0.15) is 30.1 Å². The summed E-state index contributed by atoms with van der Waals surface area (Å²) in [4.78, 5) is 77.6. The van der Waals surface area contributed by atoms with Crippen LogP contribution in [-0.4, -0.2) is 65.2 Å². The molecule has 2 aromatic carbocycles. The van der Waals surface area contributed by atoms with Crippen LogP contribution in [0.3, 0.4) is 0 Å². The van der Waals surface area contributed by atoms with Crippen LogP contribution in [-0.2, 0) is 41.6 Å². The lowest BCUT2D eigenvalue weighted by Gasteiger charge is -2.32. The van der Waals surface area contributed by atoms with Gasteiger partial charge >= 0.3 is 5.97 Å². The number of ether oxygens (including phenoxy) is 1. The quantitative estimate of drug-likeness (QED) is 0.258. The van der Waals surface area contributed by atoms with E-state index in [0.29, 0.717) is 29.9 Å². The van der Waals surface area contributed by atoms with Crippen LogP contribution in [0.5, 0.6) is 11.5 Å². The Labute approximate surface area is 274 Å². The molecular weight excluding hydrogens is 604 g/mol. The predicted octanol–water partition coefficient (Wildman–Crippen LogP) is 2.82. The molecule has 2 heterocycles. The Morgan fingerprint density at radius 2 is 1.64 bits per heavy atom. The van der Waals surface area contributed by atoms with Crippen LogP contribution in [0.2, 0.25) is 0 Å². The molecule has 2 aliphatic heterocycles. The van der Waals surface area contributed by atoms with E-state index >= 15 is 0 Å². The highest BCUT2D eigenvalue weighted by Crippen LogP contribution is 2.28.